The fraction of sp³-hybridized carbons (Fsp3) is 0.250. The molecule has 1 aliphatic rings. The highest BCUT2D eigenvalue weighted by Crippen LogP contribution is 2.17. The first-order chi connectivity index (χ1) is 11.1. The van der Waals surface area contributed by atoms with Crippen LogP contribution in [-0.2, 0) is 0 Å². The molecule has 8 heteroatoms. The molecule has 2 aromatic rings. The quantitative estimate of drug-likeness (QED) is 0.889. The van der Waals surface area contributed by atoms with E-state index in [1.807, 2.05) is 6.07 Å². The van der Waals surface area contributed by atoms with Crippen LogP contribution < -0.4 is 15.5 Å². The van der Waals surface area contributed by atoms with E-state index in [2.05, 4.69) is 20.5 Å². The van der Waals surface area contributed by atoms with Crippen LogP contribution in [0.3, 0.4) is 0 Å². The summed E-state index contributed by atoms with van der Waals surface area (Å²) in [6.07, 6.45) is 1.66. The van der Waals surface area contributed by atoms with E-state index >= 15 is 0 Å². The zero-order valence-electron chi connectivity index (χ0n) is 12.8. The van der Waals surface area contributed by atoms with Crippen LogP contribution in [0.4, 0.5) is 20.3 Å². The van der Waals surface area contributed by atoms with Gasteiger partial charge in [0.25, 0.3) is 5.91 Å². The predicted molar refractivity (Wildman–Crippen MR) is 90.9 cm³/mol. The molecule has 1 fully saturated rings. The number of anilines is 2. The van der Waals surface area contributed by atoms with Gasteiger partial charge in [-0.2, -0.15) is 0 Å². The number of nitrogens with one attached hydrogen (secondary N) is 2. The lowest BCUT2D eigenvalue weighted by molar-refractivity contribution is 0.102. The molecule has 1 amide bonds. The Morgan fingerprint density at radius 2 is 1.92 bits per heavy atom. The van der Waals surface area contributed by atoms with Crippen molar-refractivity contribution < 1.29 is 13.6 Å². The number of pyridine rings is 1. The van der Waals surface area contributed by atoms with Crippen LogP contribution >= 0.6 is 12.4 Å². The molecule has 0 atom stereocenters. The first-order valence-corrected chi connectivity index (χ1v) is 7.31. The summed E-state index contributed by atoms with van der Waals surface area (Å²) in [7, 11) is 0. The Bertz CT molecular complexity index is 706. The molecule has 0 radical (unpaired) electrons. The Balaban J connectivity index is 0.00000208. The molecule has 24 heavy (non-hydrogen) atoms. The maximum atomic E-state index is 13.6. The van der Waals surface area contributed by atoms with Gasteiger partial charge in [0.1, 0.15) is 17.5 Å². The number of piperazine rings is 1. The van der Waals surface area contributed by atoms with Gasteiger partial charge >= 0.3 is 0 Å². The zero-order valence-corrected chi connectivity index (χ0v) is 13.6. The van der Waals surface area contributed by atoms with Gasteiger partial charge in [0.15, 0.2) is 0 Å². The van der Waals surface area contributed by atoms with E-state index in [0.717, 1.165) is 50.1 Å². The molecule has 1 aromatic carbocycles. The number of benzene rings is 1. The highest BCUT2D eigenvalue weighted by atomic mass is 35.5. The van der Waals surface area contributed by atoms with E-state index in [1.165, 1.54) is 0 Å². The number of hydrogen-bond acceptors (Lipinski definition) is 4. The van der Waals surface area contributed by atoms with Crippen molar-refractivity contribution >= 4 is 29.8 Å². The van der Waals surface area contributed by atoms with Crippen LogP contribution in [0.5, 0.6) is 0 Å². The fourth-order valence-electron chi connectivity index (χ4n) is 2.43. The molecule has 5 nitrogen and oxygen atoms in total. The molecule has 0 spiro atoms. The monoisotopic (exact) mass is 354 g/mol. The van der Waals surface area contributed by atoms with Crippen molar-refractivity contribution in [2.45, 2.75) is 0 Å². The maximum Gasteiger partial charge on any atom is 0.259 e. The number of carbonyl (C=O) groups excluding carboxylic acids is 1. The Kier molecular flexibility index (Phi) is 6.05. The minimum atomic E-state index is -0.777. The van der Waals surface area contributed by atoms with Gasteiger partial charge in [0, 0.05) is 26.2 Å². The van der Waals surface area contributed by atoms with Gasteiger partial charge in [-0.15, -0.1) is 12.4 Å². The summed E-state index contributed by atoms with van der Waals surface area (Å²) in [5.74, 6) is -1.89. The SMILES string of the molecule is Cl.O=C(Nc1ccc(N2CCNCC2)cn1)c1cc(F)ccc1F. The summed E-state index contributed by atoms with van der Waals surface area (Å²) >= 11 is 0. The van der Waals surface area contributed by atoms with Crippen LogP contribution in [0.25, 0.3) is 0 Å². The van der Waals surface area contributed by atoms with Gasteiger partial charge in [0.05, 0.1) is 17.4 Å². The van der Waals surface area contributed by atoms with Crippen LogP contribution in [0.1, 0.15) is 10.4 Å². The van der Waals surface area contributed by atoms with Crippen molar-refractivity contribution in [2.75, 3.05) is 36.4 Å². The van der Waals surface area contributed by atoms with E-state index in [0.29, 0.717) is 0 Å². The van der Waals surface area contributed by atoms with Crippen LogP contribution in [0.15, 0.2) is 36.5 Å². The van der Waals surface area contributed by atoms with E-state index in [-0.39, 0.29) is 23.8 Å². The van der Waals surface area contributed by atoms with E-state index < -0.39 is 17.5 Å². The molecular weight excluding hydrogens is 338 g/mol. The lowest BCUT2D eigenvalue weighted by Crippen LogP contribution is -2.43. The predicted octanol–water partition coefficient (Wildman–Crippen LogP) is 2.44. The first-order valence-electron chi connectivity index (χ1n) is 7.31. The third kappa shape index (κ3) is 4.18. The Morgan fingerprint density at radius 1 is 1.17 bits per heavy atom. The molecule has 0 aliphatic carbocycles. The normalized spacial score (nSPS) is 14.0. The van der Waals surface area contributed by atoms with Crippen molar-refractivity contribution in [3.63, 3.8) is 0 Å². The largest absolute Gasteiger partial charge is 0.368 e. The van der Waals surface area contributed by atoms with E-state index in [4.69, 9.17) is 0 Å². The molecular formula is C16H17ClF2N4O. The van der Waals surface area contributed by atoms with Crippen molar-refractivity contribution in [1.29, 1.82) is 0 Å². The van der Waals surface area contributed by atoms with Crippen LogP contribution in [0.2, 0.25) is 0 Å². The summed E-state index contributed by atoms with van der Waals surface area (Å²) in [4.78, 5) is 18.3. The fourth-order valence-corrected chi connectivity index (χ4v) is 2.43. The van der Waals surface area contributed by atoms with Gasteiger partial charge in [-0.05, 0) is 30.3 Å². The van der Waals surface area contributed by atoms with Crippen molar-refractivity contribution in [2.24, 2.45) is 0 Å². The molecule has 1 saturated heterocycles. The highest BCUT2D eigenvalue weighted by Gasteiger charge is 2.14. The summed E-state index contributed by atoms with van der Waals surface area (Å²) in [6, 6.07) is 6.24. The maximum absolute atomic E-state index is 13.6. The average Bonchev–Trinajstić information content (AvgIpc) is 2.58. The summed E-state index contributed by atoms with van der Waals surface area (Å²) in [5.41, 5.74) is 0.611. The second-order valence-corrected chi connectivity index (χ2v) is 5.22. The summed E-state index contributed by atoms with van der Waals surface area (Å²) < 4.78 is 26.7. The number of aromatic nitrogens is 1. The number of rotatable bonds is 3. The first kappa shape index (κ1) is 18.1. The Labute approximate surface area is 144 Å². The van der Waals surface area contributed by atoms with Crippen molar-refractivity contribution in [1.82, 2.24) is 10.3 Å². The number of amides is 1. The Hall–Kier alpha value is -2.25. The van der Waals surface area contributed by atoms with Gasteiger partial charge < -0.3 is 15.5 Å². The molecule has 2 heterocycles. The minimum Gasteiger partial charge on any atom is -0.368 e. The number of hydrogen-bond donors (Lipinski definition) is 2. The summed E-state index contributed by atoms with van der Waals surface area (Å²) in [6.45, 7) is 3.61. The van der Waals surface area contributed by atoms with Crippen LogP contribution in [-0.4, -0.2) is 37.1 Å². The summed E-state index contributed by atoms with van der Waals surface area (Å²) in [5, 5.41) is 5.73. The third-order valence-corrected chi connectivity index (χ3v) is 3.64. The molecule has 2 N–H and O–H groups in total. The topological polar surface area (TPSA) is 57.3 Å². The molecule has 1 aliphatic heterocycles. The van der Waals surface area contributed by atoms with Gasteiger partial charge in [0.2, 0.25) is 0 Å². The van der Waals surface area contributed by atoms with E-state index in [9.17, 15) is 13.6 Å². The average molecular weight is 355 g/mol. The lowest BCUT2D eigenvalue weighted by Gasteiger charge is -2.29. The highest BCUT2D eigenvalue weighted by molar-refractivity contribution is 6.04. The zero-order chi connectivity index (χ0) is 16.2. The van der Waals surface area contributed by atoms with Crippen LogP contribution in [0, 0.1) is 11.6 Å². The van der Waals surface area contributed by atoms with E-state index in [1.54, 1.807) is 12.3 Å². The molecule has 0 saturated carbocycles. The second kappa shape index (κ2) is 8.03. The molecule has 128 valence electrons. The molecule has 0 bridgehead atoms. The molecule has 1 aromatic heterocycles. The van der Waals surface area contributed by atoms with Crippen molar-refractivity contribution in [3.8, 4) is 0 Å². The van der Waals surface area contributed by atoms with Crippen molar-refractivity contribution in [3.05, 3.63) is 53.7 Å². The standard InChI is InChI=1S/C16H16F2N4O.ClH/c17-11-1-3-14(18)13(9-11)16(23)21-15-4-2-12(10-20-15)22-7-5-19-6-8-22;/h1-4,9-10,19H,5-8H2,(H,20,21,23);1H. The number of halogens is 3. The Morgan fingerprint density at radius 3 is 2.58 bits per heavy atom. The molecule has 0 unspecified atom stereocenters. The third-order valence-electron chi connectivity index (χ3n) is 3.64. The molecule has 3 rings (SSSR count). The number of nitrogens with zero attached hydrogens (tertiary/aromatic N) is 2. The smallest absolute Gasteiger partial charge is 0.259 e. The minimum absolute atomic E-state index is 0. The number of carbonyl (C=O) groups is 1. The van der Waals surface area contributed by atoms with Gasteiger partial charge in [-0.3, -0.25) is 4.79 Å². The van der Waals surface area contributed by atoms with Gasteiger partial charge in [-0.25, -0.2) is 13.8 Å². The van der Waals surface area contributed by atoms with Gasteiger partial charge in [-0.1, -0.05) is 0 Å². The lowest BCUT2D eigenvalue weighted by atomic mass is 10.2. The second-order valence-electron chi connectivity index (χ2n) is 5.22.